The average molecular weight is 198 g/mol. The molecule has 0 aliphatic rings. The highest BCUT2D eigenvalue weighted by Gasteiger charge is 1.98. The van der Waals surface area contributed by atoms with Gasteiger partial charge in [0.05, 0.1) is 6.16 Å². The lowest BCUT2D eigenvalue weighted by Crippen LogP contribution is -1.94. The van der Waals surface area contributed by atoms with E-state index in [1.807, 2.05) is 18.2 Å². The van der Waals surface area contributed by atoms with E-state index in [0.717, 1.165) is 0 Å². The molecular formula is C9H11O3P. The van der Waals surface area contributed by atoms with Gasteiger partial charge in [0.25, 0.3) is 0 Å². The van der Waals surface area contributed by atoms with Gasteiger partial charge in [-0.1, -0.05) is 18.2 Å². The first-order valence-corrected chi connectivity index (χ1v) is 5.78. The van der Waals surface area contributed by atoms with Crippen LogP contribution in [0.25, 0.3) is 0 Å². The Kier molecular flexibility index (Phi) is 4.27. The minimum atomic E-state index is -1.88. The van der Waals surface area contributed by atoms with Crippen LogP contribution in [0.2, 0.25) is 0 Å². The summed E-state index contributed by atoms with van der Waals surface area (Å²) in [6.45, 7) is 0. The summed E-state index contributed by atoms with van der Waals surface area (Å²) in [6.07, 6.45) is 0.917. The fraction of sp³-hybridized carbons (Fsp3) is 0.222. The second kappa shape index (κ2) is 5.55. The van der Waals surface area contributed by atoms with E-state index in [1.54, 1.807) is 12.1 Å². The molecule has 0 heterocycles. The lowest BCUT2D eigenvalue weighted by atomic mass is 10.3. The van der Waals surface area contributed by atoms with Crippen molar-refractivity contribution in [2.75, 3.05) is 12.5 Å². The number of rotatable bonds is 5. The molecule has 0 aromatic heterocycles. The van der Waals surface area contributed by atoms with Crippen LogP contribution >= 0.6 is 7.80 Å². The first-order valence-electron chi connectivity index (χ1n) is 3.96. The number of ether oxygens (including phenoxy) is 1. The summed E-state index contributed by atoms with van der Waals surface area (Å²) in [6, 6.07) is 9.13. The quantitative estimate of drug-likeness (QED) is 0.535. The number of hydrogen-bond donors (Lipinski definition) is 0. The Labute approximate surface area is 77.5 Å². The third-order valence-electron chi connectivity index (χ3n) is 1.45. The third-order valence-corrected chi connectivity index (χ3v) is 2.54. The van der Waals surface area contributed by atoms with E-state index in [9.17, 15) is 9.36 Å². The van der Waals surface area contributed by atoms with E-state index in [-0.39, 0.29) is 12.5 Å². The van der Waals surface area contributed by atoms with E-state index in [2.05, 4.69) is 0 Å². The molecule has 0 aliphatic heterocycles. The molecule has 0 bridgehead atoms. The molecule has 0 radical (unpaired) electrons. The minimum absolute atomic E-state index is 0.109. The molecule has 0 spiro atoms. The summed E-state index contributed by atoms with van der Waals surface area (Å²) in [7, 11) is -1.88. The van der Waals surface area contributed by atoms with E-state index in [0.29, 0.717) is 12.0 Å². The molecule has 0 amide bonds. The van der Waals surface area contributed by atoms with Crippen LogP contribution in [0.15, 0.2) is 30.3 Å². The Bertz CT molecular complexity index is 284. The van der Waals surface area contributed by atoms with Gasteiger partial charge >= 0.3 is 0 Å². The first-order chi connectivity index (χ1) is 6.33. The molecule has 0 N–H and O–H groups in total. The predicted octanol–water partition coefficient (Wildman–Crippen LogP) is 1.78. The topological polar surface area (TPSA) is 43.4 Å². The van der Waals surface area contributed by atoms with Crippen LogP contribution in [0.5, 0.6) is 5.75 Å². The van der Waals surface area contributed by atoms with Crippen molar-refractivity contribution < 1.29 is 14.1 Å². The fourth-order valence-electron chi connectivity index (χ4n) is 0.832. The molecule has 4 heteroatoms. The molecule has 70 valence electrons. The molecule has 0 saturated heterocycles. The van der Waals surface area contributed by atoms with Gasteiger partial charge in [-0.2, -0.15) is 0 Å². The summed E-state index contributed by atoms with van der Waals surface area (Å²) in [5.41, 5.74) is 0. The van der Waals surface area contributed by atoms with Gasteiger partial charge in [0.2, 0.25) is 0 Å². The Balaban J connectivity index is 2.35. The standard InChI is InChI=1S/C9H11O3P/c10-6-7-13(11)8-12-9-4-2-1-3-5-9/h1-6,13H,7-8H2. The van der Waals surface area contributed by atoms with Crippen LogP contribution in [0.1, 0.15) is 0 Å². The SMILES string of the molecule is O=CC[PH](=O)COc1ccccc1. The molecule has 0 saturated carbocycles. The first kappa shape index (κ1) is 10.0. The van der Waals surface area contributed by atoms with Crippen molar-refractivity contribution in [2.45, 2.75) is 0 Å². The summed E-state index contributed by atoms with van der Waals surface area (Å²) < 4.78 is 16.2. The van der Waals surface area contributed by atoms with Crippen LogP contribution in [-0.2, 0) is 9.36 Å². The maximum absolute atomic E-state index is 11.0. The second-order valence-corrected chi connectivity index (χ2v) is 4.29. The minimum Gasteiger partial charge on any atom is -0.486 e. The Morgan fingerprint density at radius 2 is 2.00 bits per heavy atom. The largest absolute Gasteiger partial charge is 0.486 e. The predicted molar refractivity (Wildman–Crippen MR) is 51.9 cm³/mol. The number of aldehydes is 1. The van der Waals surface area contributed by atoms with Gasteiger partial charge in [-0.3, -0.25) is 0 Å². The molecule has 1 aromatic carbocycles. The number of benzene rings is 1. The van der Waals surface area contributed by atoms with E-state index >= 15 is 0 Å². The van der Waals surface area contributed by atoms with Crippen molar-refractivity contribution in [1.29, 1.82) is 0 Å². The van der Waals surface area contributed by atoms with E-state index < -0.39 is 7.80 Å². The van der Waals surface area contributed by atoms with E-state index in [1.165, 1.54) is 0 Å². The van der Waals surface area contributed by atoms with Crippen LogP contribution in [0, 0.1) is 0 Å². The van der Waals surface area contributed by atoms with Crippen molar-refractivity contribution in [3.63, 3.8) is 0 Å². The summed E-state index contributed by atoms with van der Waals surface area (Å²) in [5, 5.41) is 0. The smallest absolute Gasteiger partial charge is 0.139 e. The molecule has 13 heavy (non-hydrogen) atoms. The zero-order chi connectivity index (χ0) is 9.52. The van der Waals surface area contributed by atoms with Crippen molar-refractivity contribution in [1.82, 2.24) is 0 Å². The van der Waals surface area contributed by atoms with Crippen molar-refractivity contribution in [3.05, 3.63) is 30.3 Å². The van der Waals surface area contributed by atoms with Gasteiger partial charge in [0, 0.05) is 0 Å². The van der Waals surface area contributed by atoms with Crippen LogP contribution in [0.3, 0.4) is 0 Å². The van der Waals surface area contributed by atoms with Crippen LogP contribution in [-0.4, -0.2) is 18.8 Å². The highest BCUT2D eigenvalue weighted by Crippen LogP contribution is 2.20. The molecule has 1 aromatic rings. The van der Waals surface area contributed by atoms with Gasteiger partial charge in [-0.15, -0.1) is 0 Å². The summed E-state index contributed by atoms with van der Waals surface area (Å²) in [5.74, 6) is 0.687. The van der Waals surface area contributed by atoms with Crippen molar-refractivity contribution >= 4 is 14.1 Å². The highest BCUT2D eigenvalue weighted by atomic mass is 31.1. The summed E-state index contributed by atoms with van der Waals surface area (Å²) in [4.78, 5) is 10.00. The second-order valence-electron chi connectivity index (χ2n) is 2.51. The fourth-order valence-corrected chi connectivity index (χ4v) is 1.46. The number of para-hydroxylation sites is 1. The molecule has 0 fully saturated rings. The summed E-state index contributed by atoms with van der Waals surface area (Å²) >= 11 is 0. The van der Waals surface area contributed by atoms with Gasteiger partial charge in [0.15, 0.2) is 0 Å². The van der Waals surface area contributed by atoms with Crippen molar-refractivity contribution in [3.8, 4) is 5.75 Å². The molecule has 1 rings (SSSR count). The highest BCUT2D eigenvalue weighted by molar-refractivity contribution is 7.45. The zero-order valence-corrected chi connectivity index (χ0v) is 8.10. The van der Waals surface area contributed by atoms with Gasteiger partial charge < -0.3 is 14.1 Å². The number of carbonyl (C=O) groups excluding carboxylic acids is 1. The Hall–Kier alpha value is -1.08. The average Bonchev–Trinajstić information content (AvgIpc) is 2.17. The van der Waals surface area contributed by atoms with Crippen LogP contribution in [0.4, 0.5) is 0 Å². The molecule has 1 atom stereocenters. The normalized spacial score (nSPS) is 12.0. The van der Waals surface area contributed by atoms with Gasteiger partial charge in [-0.05, 0) is 12.1 Å². The molecular weight excluding hydrogens is 187 g/mol. The monoisotopic (exact) mass is 198 g/mol. The molecule has 1 unspecified atom stereocenters. The van der Waals surface area contributed by atoms with Gasteiger partial charge in [0.1, 0.15) is 26.2 Å². The number of carbonyl (C=O) groups is 1. The lowest BCUT2D eigenvalue weighted by Gasteiger charge is -2.03. The zero-order valence-electron chi connectivity index (χ0n) is 7.10. The molecule has 0 aliphatic carbocycles. The third kappa shape index (κ3) is 3.90. The van der Waals surface area contributed by atoms with Crippen molar-refractivity contribution in [2.24, 2.45) is 0 Å². The Morgan fingerprint density at radius 1 is 1.31 bits per heavy atom. The maximum Gasteiger partial charge on any atom is 0.139 e. The molecule has 3 nitrogen and oxygen atoms in total. The number of hydrogen-bond acceptors (Lipinski definition) is 3. The lowest BCUT2D eigenvalue weighted by molar-refractivity contribution is -0.105. The Morgan fingerprint density at radius 3 is 2.62 bits per heavy atom. The van der Waals surface area contributed by atoms with Crippen LogP contribution < -0.4 is 4.74 Å². The van der Waals surface area contributed by atoms with Gasteiger partial charge in [-0.25, -0.2) is 0 Å². The van der Waals surface area contributed by atoms with E-state index in [4.69, 9.17) is 4.74 Å². The maximum atomic E-state index is 11.0.